The smallest absolute Gasteiger partial charge is 0.306 e. The Morgan fingerprint density at radius 1 is 0.830 bits per heavy atom. The summed E-state index contributed by atoms with van der Waals surface area (Å²) in [5, 5.41) is 0. The molecule has 0 bridgehead atoms. The molecule has 3 fully saturated rings. The van der Waals surface area contributed by atoms with Gasteiger partial charge >= 0.3 is 5.97 Å². The summed E-state index contributed by atoms with van der Waals surface area (Å²) < 4.78 is 6.12. The predicted octanol–water partition coefficient (Wildman–Crippen LogP) is 13.8. The van der Waals surface area contributed by atoms with Crippen LogP contribution in [0, 0.1) is 46.3 Å². The lowest BCUT2D eigenvalue weighted by atomic mass is 9.47. The fraction of sp³-hybridized carbons (Fsp3) is 0.844. The zero-order valence-corrected chi connectivity index (χ0v) is 32.0. The second kappa shape index (κ2) is 19.2. The van der Waals surface area contributed by atoms with Crippen LogP contribution in [0.3, 0.4) is 0 Å². The third-order valence-corrected chi connectivity index (χ3v) is 13.9. The SMILES string of the molecule is CCCCC/C=C/C/C=C/CCCCCCCC(=O)O[C@H]1CC[C@@]2(C)C(=CC[C@H]3[C@@H]4CC[C@H]([C@H](C)CCCC(C)C)[C@@]4(C)CC[C@@H]32)C1. The Morgan fingerprint density at radius 2 is 1.55 bits per heavy atom. The van der Waals surface area contributed by atoms with E-state index >= 15 is 0 Å². The monoisotopic (exact) mass is 649 g/mol. The van der Waals surface area contributed by atoms with Gasteiger partial charge in [0, 0.05) is 12.8 Å². The Labute approximate surface area is 292 Å². The molecule has 0 unspecified atom stereocenters. The minimum atomic E-state index is 0.0477. The van der Waals surface area contributed by atoms with Crippen LogP contribution in [0.15, 0.2) is 36.0 Å². The first-order valence-electron chi connectivity index (χ1n) is 20.9. The summed E-state index contributed by atoms with van der Waals surface area (Å²) >= 11 is 0. The average molecular weight is 649 g/mol. The summed E-state index contributed by atoms with van der Waals surface area (Å²) in [5.41, 5.74) is 2.52. The molecule has 0 amide bonds. The number of ether oxygens (including phenoxy) is 1. The summed E-state index contributed by atoms with van der Waals surface area (Å²) in [6.07, 6.45) is 40.5. The number of unbranched alkanes of at least 4 members (excludes halogenated alkanes) is 8. The topological polar surface area (TPSA) is 26.3 Å². The molecule has 0 aromatic carbocycles. The van der Waals surface area contributed by atoms with Gasteiger partial charge in [0.25, 0.3) is 0 Å². The third kappa shape index (κ3) is 10.6. The molecule has 0 N–H and O–H groups in total. The molecule has 4 aliphatic rings. The van der Waals surface area contributed by atoms with Gasteiger partial charge in [0.05, 0.1) is 0 Å². The summed E-state index contributed by atoms with van der Waals surface area (Å²) in [7, 11) is 0. The quantitative estimate of drug-likeness (QED) is 0.0746. The van der Waals surface area contributed by atoms with Crippen molar-refractivity contribution in [2.75, 3.05) is 0 Å². The van der Waals surface area contributed by atoms with Gasteiger partial charge in [-0.25, -0.2) is 0 Å². The summed E-state index contributed by atoms with van der Waals surface area (Å²) in [4.78, 5) is 12.8. The van der Waals surface area contributed by atoms with Gasteiger partial charge in [-0.2, -0.15) is 0 Å². The molecule has 4 aliphatic carbocycles. The maximum atomic E-state index is 12.8. The van der Waals surface area contributed by atoms with Gasteiger partial charge in [-0.1, -0.05) is 129 Å². The zero-order chi connectivity index (χ0) is 33.7. The fourth-order valence-electron chi connectivity index (χ4n) is 11.1. The Morgan fingerprint density at radius 3 is 2.30 bits per heavy atom. The lowest BCUT2D eigenvalue weighted by molar-refractivity contribution is -0.151. The number of allylic oxidation sites excluding steroid dienone is 5. The highest BCUT2D eigenvalue weighted by Gasteiger charge is 2.59. The molecule has 0 aromatic heterocycles. The number of carbonyl (C=O) groups excluding carboxylic acids is 1. The predicted molar refractivity (Wildman–Crippen MR) is 202 cm³/mol. The molecule has 0 heterocycles. The number of esters is 1. The van der Waals surface area contributed by atoms with Crippen molar-refractivity contribution in [1.29, 1.82) is 0 Å². The van der Waals surface area contributed by atoms with Gasteiger partial charge in [0.1, 0.15) is 6.10 Å². The molecule has 8 atom stereocenters. The number of hydrogen-bond donors (Lipinski definition) is 0. The number of hydrogen-bond acceptors (Lipinski definition) is 2. The zero-order valence-electron chi connectivity index (χ0n) is 32.0. The first-order chi connectivity index (χ1) is 22.7. The molecule has 3 saturated carbocycles. The van der Waals surface area contributed by atoms with Gasteiger partial charge in [0.2, 0.25) is 0 Å². The van der Waals surface area contributed by atoms with E-state index in [1.807, 2.05) is 0 Å². The van der Waals surface area contributed by atoms with Crippen LogP contribution >= 0.6 is 0 Å². The van der Waals surface area contributed by atoms with E-state index in [-0.39, 0.29) is 12.1 Å². The van der Waals surface area contributed by atoms with Crippen molar-refractivity contribution in [3.63, 3.8) is 0 Å². The van der Waals surface area contributed by atoms with Gasteiger partial charge in [-0.3, -0.25) is 4.79 Å². The van der Waals surface area contributed by atoms with Crippen LogP contribution in [-0.2, 0) is 9.53 Å². The molecule has 2 heteroatoms. The maximum absolute atomic E-state index is 12.8. The first-order valence-corrected chi connectivity index (χ1v) is 20.9. The van der Waals surface area contributed by atoms with Crippen molar-refractivity contribution < 1.29 is 9.53 Å². The van der Waals surface area contributed by atoms with E-state index in [1.165, 1.54) is 109 Å². The molecule has 268 valence electrons. The molecule has 47 heavy (non-hydrogen) atoms. The third-order valence-electron chi connectivity index (χ3n) is 13.9. The number of rotatable bonds is 20. The summed E-state index contributed by atoms with van der Waals surface area (Å²) in [5.74, 6) is 5.30. The van der Waals surface area contributed by atoms with Gasteiger partial charge in [0.15, 0.2) is 0 Å². The summed E-state index contributed by atoms with van der Waals surface area (Å²) in [6.45, 7) is 14.9. The largest absolute Gasteiger partial charge is 0.462 e. The molecule has 0 aliphatic heterocycles. The van der Waals surface area contributed by atoms with Crippen LogP contribution in [0.2, 0.25) is 0 Å². The van der Waals surface area contributed by atoms with Crippen molar-refractivity contribution in [2.24, 2.45) is 46.3 Å². The van der Waals surface area contributed by atoms with E-state index < -0.39 is 0 Å². The van der Waals surface area contributed by atoms with Crippen molar-refractivity contribution in [3.8, 4) is 0 Å². The lowest BCUT2D eigenvalue weighted by Gasteiger charge is -2.58. The van der Waals surface area contributed by atoms with E-state index in [0.717, 1.165) is 67.6 Å². The van der Waals surface area contributed by atoms with E-state index in [4.69, 9.17) is 4.74 Å². The minimum Gasteiger partial charge on any atom is -0.462 e. The average Bonchev–Trinajstić information content (AvgIpc) is 3.40. The molecular formula is C45H76O2. The molecule has 0 spiro atoms. The molecule has 0 saturated heterocycles. The molecular weight excluding hydrogens is 572 g/mol. The van der Waals surface area contributed by atoms with Crippen LogP contribution in [0.25, 0.3) is 0 Å². The van der Waals surface area contributed by atoms with Crippen LogP contribution in [-0.4, -0.2) is 12.1 Å². The van der Waals surface area contributed by atoms with Crippen molar-refractivity contribution in [2.45, 2.75) is 195 Å². The van der Waals surface area contributed by atoms with E-state index in [2.05, 4.69) is 71.9 Å². The van der Waals surface area contributed by atoms with Gasteiger partial charge < -0.3 is 4.74 Å². The lowest BCUT2D eigenvalue weighted by Crippen LogP contribution is -2.51. The first kappa shape index (κ1) is 38.5. The highest BCUT2D eigenvalue weighted by molar-refractivity contribution is 5.69. The van der Waals surface area contributed by atoms with Crippen LogP contribution in [0.1, 0.15) is 189 Å². The molecule has 4 rings (SSSR count). The van der Waals surface area contributed by atoms with Crippen molar-refractivity contribution in [3.05, 3.63) is 36.0 Å². The second-order valence-corrected chi connectivity index (χ2v) is 17.6. The molecule has 0 radical (unpaired) electrons. The van der Waals surface area contributed by atoms with Crippen LogP contribution in [0.5, 0.6) is 0 Å². The maximum Gasteiger partial charge on any atom is 0.306 e. The van der Waals surface area contributed by atoms with Gasteiger partial charge in [-0.05, 0) is 130 Å². The molecule has 0 aromatic rings. The van der Waals surface area contributed by atoms with Crippen molar-refractivity contribution in [1.82, 2.24) is 0 Å². The van der Waals surface area contributed by atoms with Crippen LogP contribution in [0.4, 0.5) is 0 Å². The number of fused-ring (bicyclic) bond motifs is 5. The normalized spacial score (nSPS) is 32.7. The van der Waals surface area contributed by atoms with Crippen molar-refractivity contribution >= 4 is 5.97 Å². The summed E-state index contributed by atoms with van der Waals surface area (Å²) in [6, 6.07) is 0. The fourth-order valence-corrected chi connectivity index (χ4v) is 11.1. The highest BCUT2D eigenvalue weighted by atomic mass is 16.5. The Bertz CT molecular complexity index is 1020. The van der Waals surface area contributed by atoms with E-state index in [9.17, 15) is 4.79 Å². The van der Waals surface area contributed by atoms with E-state index in [1.54, 1.807) is 5.57 Å². The standard InChI is InChI=1S/C45H76O2/c1-7-8-9-10-11-12-13-14-15-16-17-18-19-20-21-25-43(46)47-38-30-32-44(5)37(34-38)26-27-39-41-29-28-40(36(4)24-22-23-35(2)3)45(41,6)33-31-42(39)44/h11-12,14-15,26,35-36,38-42H,7-10,13,16-25,27-34H2,1-6H3/b12-11+,15-14+/t36-,38+,39+,40-,41+,42+,44+,45-/m1/s1. The Hall–Kier alpha value is -1.31. The van der Waals surface area contributed by atoms with Gasteiger partial charge in [-0.15, -0.1) is 0 Å². The second-order valence-electron chi connectivity index (χ2n) is 17.6. The molecule has 2 nitrogen and oxygen atoms in total. The van der Waals surface area contributed by atoms with E-state index in [0.29, 0.717) is 17.3 Å². The Balaban J connectivity index is 1.13. The highest BCUT2D eigenvalue weighted by Crippen LogP contribution is 2.67. The Kier molecular flexibility index (Phi) is 15.7. The van der Waals surface area contributed by atoms with Crippen LogP contribution < -0.4 is 0 Å². The number of carbonyl (C=O) groups is 1. The minimum absolute atomic E-state index is 0.0477.